The molecule has 0 bridgehead atoms. The molecule has 8 heteroatoms. The van der Waals surface area contributed by atoms with Crippen molar-refractivity contribution in [3.63, 3.8) is 0 Å². The first kappa shape index (κ1) is 21.4. The summed E-state index contributed by atoms with van der Waals surface area (Å²) in [5.41, 5.74) is 3.35. The van der Waals surface area contributed by atoms with Gasteiger partial charge >= 0.3 is 0 Å². The van der Waals surface area contributed by atoms with E-state index in [0.717, 1.165) is 16.0 Å². The van der Waals surface area contributed by atoms with E-state index < -0.39 is 0 Å². The average molecular weight is 469 g/mol. The molecule has 0 atom stereocenters. The molecular formula is C23H18Cl2N4OS. The van der Waals surface area contributed by atoms with Crippen LogP contribution in [0.1, 0.15) is 21.5 Å². The molecule has 156 valence electrons. The third-order valence-electron chi connectivity index (χ3n) is 4.47. The zero-order valence-corrected chi connectivity index (χ0v) is 18.9. The van der Waals surface area contributed by atoms with Crippen molar-refractivity contribution in [1.29, 1.82) is 0 Å². The number of amides is 1. The van der Waals surface area contributed by atoms with Crippen LogP contribution in [0.15, 0.2) is 82.8 Å². The van der Waals surface area contributed by atoms with Crippen molar-refractivity contribution in [3.8, 4) is 0 Å². The SMILES string of the molecule is Cc1cccc(C(=O)Nc2ccccc2Sc2nc(Cl)nn2Cc2ccc(Cl)cc2)c1. The number of carbonyl (C=O) groups is 1. The summed E-state index contributed by atoms with van der Waals surface area (Å²) in [6, 6.07) is 22.6. The van der Waals surface area contributed by atoms with Crippen LogP contribution in [0.25, 0.3) is 0 Å². The molecule has 31 heavy (non-hydrogen) atoms. The number of carbonyl (C=O) groups excluding carboxylic acids is 1. The molecule has 1 N–H and O–H groups in total. The predicted octanol–water partition coefficient (Wildman–Crippen LogP) is 6.35. The zero-order valence-electron chi connectivity index (χ0n) is 16.5. The first-order chi connectivity index (χ1) is 15.0. The van der Waals surface area contributed by atoms with Gasteiger partial charge in [-0.2, -0.15) is 4.98 Å². The van der Waals surface area contributed by atoms with Gasteiger partial charge in [-0.1, -0.05) is 53.6 Å². The summed E-state index contributed by atoms with van der Waals surface area (Å²) in [6.45, 7) is 2.45. The summed E-state index contributed by atoms with van der Waals surface area (Å²) < 4.78 is 1.73. The number of hydrogen-bond acceptors (Lipinski definition) is 4. The Kier molecular flexibility index (Phi) is 6.61. The molecule has 4 rings (SSSR count). The number of benzene rings is 3. The van der Waals surface area contributed by atoms with Gasteiger partial charge in [-0.05, 0) is 72.2 Å². The van der Waals surface area contributed by atoms with Crippen LogP contribution < -0.4 is 5.32 Å². The minimum absolute atomic E-state index is 0.165. The molecule has 1 heterocycles. The third-order valence-corrected chi connectivity index (χ3v) is 5.95. The number of anilines is 1. The smallest absolute Gasteiger partial charge is 0.255 e. The first-order valence-corrected chi connectivity index (χ1v) is 11.0. The number of aryl methyl sites for hydroxylation is 1. The van der Waals surface area contributed by atoms with Gasteiger partial charge < -0.3 is 5.32 Å². The molecular weight excluding hydrogens is 451 g/mol. The highest BCUT2D eigenvalue weighted by molar-refractivity contribution is 7.99. The van der Waals surface area contributed by atoms with Crippen molar-refractivity contribution in [3.05, 3.63) is 99.8 Å². The zero-order chi connectivity index (χ0) is 21.8. The first-order valence-electron chi connectivity index (χ1n) is 9.47. The van der Waals surface area contributed by atoms with Crippen molar-refractivity contribution >= 4 is 46.6 Å². The van der Waals surface area contributed by atoms with Crippen molar-refractivity contribution in [2.75, 3.05) is 5.32 Å². The van der Waals surface area contributed by atoms with Crippen LogP contribution in [0.5, 0.6) is 0 Å². The van der Waals surface area contributed by atoms with E-state index in [9.17, 15) is 4.79 Å². The maximum atomic E-state index is 12.7. The highest BCUT2D eigenvalue weighted by Gasteiger charge is 2.15. The maximum Gasteiger partial charge on any atom is 0.255 e. The predicted molar refractivity (Wildman–Crippen MR) is 125 cm³/mol. The van der Waals surface area contributed by atoms with Crippen LogP contribution in [-0.2, 0) is 6.54 Å². The van der Waals surface area contributed by atoms with Gasteiger partial charge in [0.05, 0.1) is 12.2 Å². The maximum absolute atomic E-state index is 12.7. The third kappa shape index (κ3) is 5.47. The lowest BCUT2D eigenvalue weighted by molar-refractivity contribution is 0.102. The number of halogens is 2. The van der Waals surface area contributed by atoms with Crippen LogP contribution >= 0.6 is 35.0 Å². The van der Waals surface area contributed by atoms with E-state index in [4.69, 9.17) is 23.2 Å². The monoisotopic (exact) mass is 468 g/mol. The van der Waals surface area contributed by atoms with Crippen LogP contribution in [-0.4, -0.2) is 20.7 Å². The van der Waals surface area contributed by atoms with E-state index in [2.05, 4.69) is 15.4 Å². The molecule has 1 amide bonds. The molecule has 0 aliphatic heterocycles. The molecule has 0 aliphatic carbocycles. The molecule has 0 radical (unpaired) electrons. The van der Waals surface area contributed by atoms with Gasteiger partial charge in [0, 0.05) is 15.5 Å². The minimum Gasteiger partial charge on any atom is -0.321 e. The normalized spacial score (nSPS) is 10.8. The Bertz CT molecular complexity index is 1220. The van der Waals surface area contributed by atoms with E-state index in [-0.39, 0.29) is 11.2 Å². The average Bonchev–Trinajstić information content (AvgIpc) is 3.09. The number of rotatable bonds is 6. The molecule has 0 aliphatic rings. The standard InChI is InChI=1S/C23H18Cl2N4OS/c1-15-5-4-6-17(13-15)21(30)26-19-7-2-3-8-20(19)31-23-27-22(25)28-29(23)14-16-9-11-18(24)12-10-16/h2-13H,14H2,1H3,(H,26,30). The Labute approximate surface area is 194 Å². The van der Waals surface area contributed by atoms with E-state index in [0.29, 0.717) is 28.0 Å². The van der Waals surface area contributed by atoms with E-state index in [1.165, 1.54) is 11.8 Å². The highest BCUT2D eigenvalue weighted by atomic mass is 35.5. The van der Waals surface area contributed by atoms with E-state index in [1.54, 1.807) is 10.7 Å². The molecule has 0 saturated heterocycles. The molecule has 0 unspecified atom stereocenters. The summed E-state index contributed by atoms with van der Waals surface area (Å²) >= 11 is 13.5. The molecule has 0 saturated carbocycles. The second-order valence-corrected chi connectivity index (χ2v) is 8.65. The van der Waals surface area contributed by atoms with Gasteiger partial charge in [0.1, 0.15) is 0 Å². The number of nitrogens with one attached hydrogen (secondary N) is 1. The van der Waals surface area contributed by atoms with Gasteiger partial charge in [0.2, 0.25) is 5.28 Å². The summed E-state index contributed by atoms with van der Waals surface area (Å²) in [6.07, 6.45) is 0. The Morgan fingerprint density at radius 3 is 2.58 bits per heavy atom. The van der Waals surface area contributed by atoms with E-state index in [1.807, 2.05) is 73.7 Å². The van der Waals surface area contributed by atoms with Crippen LogP contribution in [0.3, 0.4) is 0 Å². The highest BCUT2D eigenvalue weighted by Crippen LogP contribution is 2.33. The Hall–Kier alpha value is -2.80. The van der Waals surface area contributed by atoms with Gasteiger partial charge in [0.25, 0.3) is 5.91 Å². The second kappa shape index (κ2) is 9.56. The number of aromatic nitrogens is 3. The molecule has 0 spiro atoms. The number of para-hydroxylation sites is 1. The fourth-order valence-electron chi connectivity index (χ4n) is 2.98. The van der Waals surface area contributed by atoms with Gasteiger partial charge in [-0.25, -0.2) is 4.68 Å². The van der Waals surface area contributed by atoms with Gasteiger partial charge in [-0.3, -0.25) is 4.79 Å². The van der Waals surface area contributed by atoms with Gasteiger partial charge in [0.15, 0.2) is 5.16 Å². The molecule has 4 aromatic rings. The fraction of sp³-hybridized carbons (Fsp3) is 0.0870. The summed E-state index contributed by atoms with van der Waals surface area (Å²) in [4.78, 5) is 17.9. The van der Waals surface area contributed by atoms with Crippen molar-refractivity contribution in [1.82, 2.24) is 14.8 Å². The van der Waals surface area contributed by atoms with Crippen molar-refractivity contribution in [2.45, 2.75) is 23.5 Å². The Balaban J connectivity index is 1.57. The second-order valence-electron chi connectivity index (χ2n) is 6.87. The van der Waals surface area contributed by atoms with E-state index >= 15 is 0 Å². The lowest BCUT2D eigenvalue weighted by atomic mass is 10.1. The molecule has 5 nitrogen and oxygen atoms in total. The summed E-state index contributed by atoms with van der Waals surface area (Å²) in [5.74, 6) is -0.169. The summed E-state index contributed by atoms with van der Waals surface area (Å²) in [7, 11) is 0. The lowest BCUT2D eigenvalue weighted by Gasteiger charge is -2.11. The van der Waals surface area contributed by atoms with Crippen LogP contribution in [0.2, 0.25) is 10.3 Å². The molecule has 0 fully saturated rings. The summed E-state index contributed by atoms with van der Waals surface area (Å²) in [5, 5.41) is 8.76. The largest absolute Gasteiger partial charge is 0.321 e. The van der Waals surface area contributed by atoms with Crippen LogP contribution in [0.4, 0.5) is 5.69 Å². The molecule has 1 aromatic heterocycles. The van der Waals surface area contributed by atoms with Crippen LogP contribution in [0, 0.1) is 6.92 Å². The molecule has 3 aromatic carbocycles. The quantitative estimate of drug-likeness (QED) is 0.358. The van der Waals surface area contributed by atoms with Crippen molar-refractivity contribution < 1.29 is 4.79 Å². The topological polar surface area (TPSA) is 59.8 Å². The lowest BCUT2D eigenvalue weighted by Crippen LogP contribution is -2.12. The fourth-order valence-corrected chi connectivity index (χ4v) is 4.24. The Morgan fingerprint density at radius 1 is 1.03 bits per heavy atom. The minimum atomic E-state index is -0.169. The Morgan fingerprint density at radius 2 is 1.81 bits per heavy atom. The van der Waals surface area contributed by atoms with Gasteiger partial charge in [-0.15, -0.1) is 5.10 Å². The number of hydrogen-bond donors (Lipinski definition) is 1. The number of nitrogens with zero attached hydrogens (tertiary/aromatic N) is 3. The van der Waals surface area contributed by atoms with Crippen molar-refractivity contribution in [2.24, 2.45) is 0 Å².